The van der Waals surface area contributed by atoms with Crippen molar-refractivity contribution < 1.29 is 9.85 Å². The lowest BCUT2D eigenvalue weighted by molar-refractivity contribution is -0.394. The fourth-order valence-electron chi connectivity index (χ4n) is 3.23. The number of nitro groups is 2. The molecule has 1 aliphatic carbocycles. The van der Waals surface area contributed by atoms with Gasteiger partial charge in [-0.3, -0.25) is 20.2 Å². The zero-order valence-corrected chi connectivity index (χ0v) is 11.9. The molecule has 1 aromatic rings. The van der Waals surface area contributed by atoms with Crippen LogP contribution in [0.2, 0.25) is 0 Å². The van der Waals surface area contributed by atoms with Crippen molar-refractivity contribution in [2.45, 2.75) is 44.6 Å². The summed E-state index contributed by atoms with van der Waals surface area (Å²) in [6, 6.07) is 3.78. The van der Waals surface area contributed by atoms with Gasteiger partial charge in [0.05, 0.1) is 15.9 Å². The summed E-state index contributed by atoms with van der Waals surface area (Å²) in [4.78, 5) is 20.7. The molecule has 2 rings (SSSR count). The van der Waals surface area contributed by atoms with Crippen molar-refractivity contribution in [3.8, 4) is 0 Å². The van der Waals surface area contributed by atoms with Crippen LogP contribution in [0.25, 0.3) is 0 Å². The van der Waals surface area contributed by atoms with Gasteiger partial charge in [-0.05, 0) is 31.2 Å². The monoisotopic (exact) mass is 293 g/mol. The first kappa shape index (κ1) is 15.4. The molecule has 114 valence electrons. The molecule has 2 atom stereocenters. The van der Waals surface area contributed by atoms with Crippen LogP contribution in [0, 0.1) is 26.1 Å². The van der Waals surface area contributed by atoms with Gasteiger partial charge in [-0.2, -0.15) is 0 Å². The molecule has 21 heavy (non-hydrogen) atoms. The van der Waals surface area contributed by atoms with Crippen LogP contribution in [0.15, 0.2) is 18.2 Å². The zero-order valence-electron chi connectivity index (χ0n) is 11.9. The van der Waals surface area contributed by atoms with E-state index < -0.39 is 15.4 Å². The molecule has 0 amide bonds. The van der Waals surface area contributed by atoms with Gasteiger partial charge in [0.1, 0.15) is 0 Å². The molecule has 0 saturated heterocycles. The standard InChI is InChI=1S/C14H19N3O4/c1-10-3-2-6-14(15,8-10)9-11-4-5-12(16(18)19)7-13(11)17(20)21/h4-5,7,10H,2-3,6,8-9,15H2,1H3. The van der Waals surface area contributed by atoms with Gasteiger partial charge in [0, 0.05) is 17.2 Å². The fraction of sp³-hybridized carbons (Fsp3) is 0.571. The first-order valence-electron chi connectivity index (χ1n) is 7.01. The van der Waals surface area contributed by atoms with Gasteiger partial charge >= 0.3 is 0 Å². The van der Waals surface area contributed by atoms with E-state index in [-0.39, 0.29) is 11.4 Å². The summed E-state index contributed by atoms with van der Waals surface area (Å²) in [6.45, 7) is 2.13. The summed E-state index contributed by atoms with van der Waals surface area (Å²) < 4.78 is 0. The zero-order chi connectivity index (χ0) is 15.6. The van der Waals surface area contributed by atoms with Crippen molar-refractivity contribution in [1.29, 1.82) is 0 Å². The number of hydrogen-bond acceptors (Lipinski definition) is 5. The van der Waals surface area contributed by atoms with Crippen molar-refractivity contribution in [3.63, 3.8) is 0 Å². The number of nitro benzene ring substituents is 2. The van der Waals surface area contributed by atoms with E-state index in [1.54, 1.807) is 0 Å². The van der Waals surface area contributed by atoms with Gasteiger partial charge in [0.25, 0.3) is 11.4 Å². The van der Waals surface area contributed by atoms with Crippen LogP contribution >= 0.6 is 0 Å². The first-order valence-corrected chi connectivity index (χ1v) is 7.01. The Balaban J connectivity index is 2.31. The Hall–Kier alpha value is -2.02. The Morgan fingerprint density at radius 2 is 2.05 bits per heavy atom. The summed E-state index contributed by atoms with van der Waals surface area (Å²) in [6.07, 6.45) is 4.16. The van der Waals surface area contributed by atoms with E-state index in [9.17, 15) is 20.2 Å². The third-order valence-electron chi connectivity index (χ3n) is 4.15. The van der Waals surface area contributed by atoms with Crippen LogP contribution in [0.1, 0.15) is 38.2 Å². The molecule has 2 unspecified atom stereocenters. The number of rotatable bonds is 4. The molecule has 1 fully saturated rings. The molecule has 1 aliphatic rings. The third-order valence-corrected chi connectivity index (χ3v) is 4.15. The van der Waals surface area contributed by atoms with Crippen molar-refractivity contribution in [1.82, 2.24) is 0 Å². The molecule has 0 radical (unpaired) electrons. The first-order chi connectivity index (χ1) is 9.81. The summed E-state index contributed by atoms with van der Waals surface area (Å²) in [7, 11) is 0. The maximum Gasteiger partial charge on any atom is 0.279 e. The Morgan fingerprint density at radius 3 is 2.62 bits per heavy atom. The van der Waals surface area contributed by atoms with Crippen LogP contribution in [-0.4, -0.2) is 15.4 Å². The molecule has 2 N–H and O–H groups in total. The number of nitrogens with two attached hydrogens (primary N) is 1. The molecule has 0 heterocycles. The quantitative estimate of drug-likeness (QED) is 0.677. The minimum absolute atomic E-state index is 0.216. The fourth-order valence-corrected chi connectivity index (χ4v) is 3.23. The van der Waals surface area contributed by atoms with Gasteiger partial charge in [-0.25, -0.2) is 0 Å². The molecule has 0 aromatic heterocycles. The lowest BCUT2D eigenvalue weighted by Crippen LogP contribution is -2.45. The maximum atomic E-state index is 11.1. The molecule has 0 bridgehead atoms. The van der Waals surface area contributed by atoms with Crippen LogP contribution in [-0.2, 0) is 6.42 Å². The predicted octanol–water partition coefficient (Wildman–Crippen LogP) is 2.95. The molecule has 1 saturated carbocycles. The third kappa shape index (κ3) is 3.55. The normalized spacial score (nSPS) is 25.5. The second kappa shape index (κ2) is 5.77. The Kier molecular flexibility index (Phi) is 4.22. The predicted molar refractivity (Wildman–Crippen MR) is 78.0 cm³/mol. The van der Waals surface area contributed by atoms with Crippen LogP contribution in [0.5, 0.6) is 0 Å². The minimum Gasteiger partial charge on any atom is -0.325 e. The van der Waals surface area contributed by atoms with Crippen molar-refractivity contribution >= 4 is 11.4 Å². The smallest absolute Gasteiger partial charge is 0.279 e. The highest BCUT2D eigenvalue weighted by Gasteiger charge is 2.33. The summed E-state index contributed by atoms with van der Waals surface area (Å²) in [5.41, 5.74) is 5.92. The van der Waals surface area contributed by atoms with E-state index >= 15 is 0 Å². The van der Waals surface area contributed by atoms with Gasteiger partial charge in [0.15, 0.2) is 0 Å². The van der Waals surface area contributed by atoms with Gasteiger partial charge in [0.2, 0.25) is 0 Å². The number of nitrogens with zero attached hydrogens (tertiary/aromatic N) is 2. The lowest BCUT2D eigenvalue weighted by atomic mass is 9.74. The van der Waals surface area contributed by atoms with E-state index in [1.165, 1.54) is 12.1 Å². The molecule has 0 aliphatic heterocycles. The highest BCUT2D eigenvalue weighted by atomic mass is 16.6. The SMILES string of the molecule is CC1CCCC(N)(Cc2ccc([N+](=O)[O-])cc2[N+](=O)[O-])C1. The largest absolute Gasteiger partial charge is 0.325 e. The minimum atomic E-state index is -0.627. The average Bonchev–Trinajstić information content (AvgIpc) is 2.37. The average molecular weight is 293 g/mol. The van der Waals surface area contributed by atoms with E-state index in [2.05, 4.69) is 6.92 Å². The van der Waals surface area contributed by atoms with E-state index in [4.69, 9.17) is 5.73 Å². The van der Waals surface area contributed by atoms with Gasteiger partial charge in [-0.1, -0.05) is 19.8 Å². The highest BCUT2D eigenvalue weighted by Crippen LogP contribution is 2.35. The molecular formula is C14H19N3O4. The van der Waals surface area contributed by atoms with Crippen LogP contribution < -0.4 is 5.73 Å². The second-order valence-corrected chi connectivity index (χ2v) is 6.07. The van der Waals surface area contributed by atoms with Crippen molar-refractivity contribution in [2.75, 3.05) is 0 Å². The van der Waals surface area contributed by atoms with Crippen LogP contribution in [0.4, 0.5) is 11.4 Å². The van der Waals surface area contributed by atoms with Gasteiger partial charge < -0.3 is 5.73 Å². The second-order valence-electron chi connectivity index (χ2n) is 6.07. The lowest BCUT2D eigenvalue weighted by Gasteiger charge is -2.36. The maximum absolute atomic E-state index is 11.1. The van der Waals surface area contributed by atoms with Gasteiger partial charge in [-0.15, -0.1) is 0 Å². The van der Waals surface area contributed by atoms with E-state index in [0.717, 1.165) is 31.7 Å². The van der Waals surface area contributed by atoms with E-state index in [1.807, 2.05) is 0 Å². The van der Waals surface area contributed by atoms with Crippen molar-refractivity contribution in [2.24, 2.45) is 11.7 Å². The Morgan fingerprint density at radius 1 is 1.33 bits per heavy atom. The molecule has 1 aromatic carbocycles. The molecule has 0 spiro atoms. The number of non-ortho nitro benzene ring substituents is 1. The molecule has 7 nitrogen and oxygen atoms in total. The van der Waals surface area contributed by atoms with Crippen LogP contribution in [0.3, 0.4) is 0 Å². The number of hydrogen-bond donors (Lipinski definition) is 1. The molecule has 7 heteroatoms. The highest BCUT2D eigenvalue weighted by molar-refractivity contribution is 5.49. The van der Waals surface area contributed by atoms with E-state index in [0.29, 0.717) is 17.9 Å². The summed E-state index contributed by atoms with van der Waals surface area (Å²) in [5, 5.41) is 21.9. The Labute approximate surface area is 122 Å². The summed E-state index contributed by atoms with van der Waals surface area (Å²) >= 11 is 0. The number of benzene rings is 1. The Bertz CT molecular complexity index is 575. The molecular weight excluding hydrogens is 274 g/mol. The summed E-state index contributed by atoms with van der Waals surface area (Å²) in [5.74, 6) is 0.501. The topological polar surface area (TPSA) is 112 Å². The van der Waals surface area contributed by atoms with Crippen molar-refractivity contribution in [3.05, 3.63) is 44.0 Å².